The Morgan fingerprint density at radius 1 is 1.18 bits per heavy atom. The van der Waals surface area contributed by atoms with Gasteiger partial charge < -0.3 is 24.6 Å². The van der Waals surface area contributed by atoms with E-state index in [1.165, 1.54) is 9.80 Å². The molecule has 1 saturated carbocycles. The van der Waals surface area contributed by atoms with Crippen LogP contribution in [0.3, 0.4) is 0 Å². The molecule has 10 heteroatoms. The smallest absolute Gasteiger partial charge is 0.410 e. The number of likely N-dealkylation sites (tertiary alicyclic amines) is 1. The second-order valence-electron chi connectivity index (χ2n) is 9.80. The third kappa shape index (κ3) is 5.78. The lowest BCUT2D eigenvalue weighted by molar-refractivity contribution is -0.153. The minimum absolute atomic E-state index is 0.102. The predicted octanol–water partition coefficient (Wildman–Crippen LogP) is 2.47. The fraction of sp³-hybridized carbons (Fsp3) is 0.667. The fourth-order valence-corrected chi connectivity index (χ4v) is 4.10. The number of anilines is 1. The van der Waals surface area contributed by atoms with Gasteiger partial charge in [-0.15, -0.1) is 0 Å². The summed E-state index contributed by atoms with van der Waals surface area (Å²) in [5, 5.41) is 20.5. The first-order valence-corrected chi connectivity index (χ1v) is 11.8. The minimum Gasteiger partial charge on any atom is -0.493 e. The fourth-order valence-electron chi connectivity index (χ4n) is 4.10. The lowest BCUT2D eigenvalue weighted by Gasteiger charge is -2.41. The highest BCUT2D eigenvalue weighted by Crippen LogP contribution is 2.36. The van der Waals surface area contributed by atoms with Crippen molar-refractivity contribution in [3.8, 4) is 5.75 Å². The molecular formula is C24H35N3O7. The van der Waals surface area contributed by atoms with Crippen molar-refractivity contribution < 1.29 is 34.1 Å². The third-order valence-electron chi connectivity index (χ3n) is 5.95. The lowest BCUT2D eigenvalue weighted by Crippen LogP contribution is -2.59. The number of rotatable bonds is 7. The van der Waals surface area contributed by atoms with E-state index in [0.29, 0.717) is 24.6 Å². The van der Waals surface area contributed by atoms with Crippen molar-refractivity contribution in [2.75, 3.05) is 24.6 Å². The molecule has 0 unspecified atom stereocenters. The van der Waals surface area contributed by atoms with Gasteiger partial charge in [-0.25, -0.2) is 9.78 Å². The van der Waals surface area contributed by atoms with E-state index in [-0.39, 0.29) is 19.1 Å². The number of aromatic nitrogens is 1. The van der Waals surface area contributed by atoms with E-state index < -0.39 is 41.5 Å². The maximum atomic E-state index is 13.7. The summed E-state index contributed by atoms with van der Waals surface area (Å²) in [6, 6.07) is 1.61. The molecule has 2 N–H and O–H groups in total. The zero-order valence-corrected chi connectivity index (χ0v) is 20.5. The molecule has 10 nitrogen and oxygen atoms in total. The molecule has 0 bridgehead atoms. The molecule has 1 aliphatic heterocycles. The first-order chi connectivity index (χ1) is 16.0. The number of carboxylic acid groups (broad SMARTS) is 1. The normalized spacial score (nSPS) is 22.8. The van der Waals surface area contributed by atoms with Crippen LogP contribution in [0.2, 0.25) is 0 Å². The van der Waals surface area contributed by atoms with Crippen molar-refractivity contribution >= 4 is 23.8 Å². The van der Waals surface area contributed by atoms with E-state index >= 15 is 0 Å². The quantitative estimate of drug-likeness (QED) is 0.613. The van der Waals surface area contributed by atoms with Crippen LogP contribution in [-0.4, -0.2) is 75.5 Å². The summed E-state index contributed by atoms with van der Waals surface area (Å²) in [5.74, 6) is -3.16. The van der Waals surface area contributed by atoms with Gasteiger partial charge in [0.15, 0.2) is 0 Å². The number of aliphatic hydroxyl groups is 1. The molecule has 2 aliphatic rings. The van der Waals surface area contributed by atoms with Gasteiger partial charge in [0.05, 0.1) is 18.6 Å². The van der Waals surface area contributed by atoms with Crippen LogP contribution in [0.15, 0.2) is 12.3 Å². The van der Waals surface area contributed by atoms with Crippen LogP contribution < -0.4 is 9.64 Å². The van der Waals surface area contributed by atoms with Gasteiger partial charge in [-0.05, 0) is 47.0 Å². The second-order valence-corrected chi connectivity index (χ2v) is 9.80. The first kappa shape index (κ1) is 25.7. The van der Waals surface area contributed by atoms with Gasteiger partial charge in [0.25, 0.3) is 0 Å². The number of aliphatic carboxylic acids is 1. The van der Waals surface area contributed by atoms with E-state index in [4.69, 9.17) is 9.47 Å². The molecule has 1 aromatic rings. The first-order valence-electron chi connectivity index (χ1n) is 11.8. The Bertz CT molecular complexity index is 926. The summed E-state index contributed by atoms with van der Waals surface area (Å²) in [5.41, 5.74) is 0.125. The summed E-state index contributed by atoms with van der Waals surface area (Å²) in [6.07, 6.45) is 1.76. The molecule has 34 heavy (non-hydrogen) atoms. The number of ether oxygens (including phenoxy) is 2. The summed E-state index contributed by atoms with van der Waals surface area (Å²) in [7, 11) is 0. The molecule has 2 fully saturated rings. The van der Waals surface area contributed by atoms with Crippen molar-refractivity contribution in [3.63, 3.8) is 0 Å². The Labute approximate surface area is 199 Å². The highest BCUT2D eigenvalue weighted by atomic mass is 16.6. The molecule has 1 aromatic heterocycles. The van der Waals surface area contributed by atoms with Gasteiger partial charge in [-0.2, -0.15) is 0 Å². The lowest BCUT2D eigenvalue weighted by atomic mass is 9.85. The molecule has 1 saturated heterocycles. The summed E-state index contributed by atoms with van der Waals surface area (Å²) in [6.45, 7) is 9.05. The molecule has 0 spiro atoms. The van der Waals surface area contributed by atoms with E-state index in [1.807, 2.05) is 13.8 Å². The molecule has 0 aromatic carbocycles. The summed E-state index contributed by atoms with van der Waals surface area (Å²) in [4.78, 5) is 45.5. The van der Waals surface area contributed by atoms with Gasteiger partial charge in [0.1, 0.15) is 23.1 Å². The number of hydrogen-bond acceptors (Lipinski definition) is 7. The number of nitrogens with zero attached hydrogens (tertiary/aromatic N) is 3. The highest BCUT2D eigenvalue weighted by molar-refractivity contribution is 5.97. The average Bonchev–Trinajstić information content (AvgIpc) is 3.58. The number of carbonyl (C=O) groups is 3. The van der Waals surface area contributed by atoms with Crippen LogP contribution in [0.5, 0.6) is 5.75 Å². The third-order valence-corrected chi connectivity index (χ3v) is 5.95. The van der Waals surface area contributed by atoms with E-state index in [0.717, 1.165) is 18.4 Å². The Morgan fingerprint density at radius 3 is 2.35 bits per heavy atom. The van der Waals surface area contributed by atoms with Crippen LogP contribution in [0, 0.1) is 11.8 Å². The van der Waals surface area contributed by atoms with Crippen LogP contribution in [0.4, 0.5) is 10.6 Å². The SMILES string of the molecule is CCOc1cc(N(C(=O)[C@H]2CN(C(=O)OC(C)(C)C)C[C@@H](C(=O)O)[C@H]2O)C2CC2)ncc1CC. The van der Waals surface area contributed by atoms with Crippen molar-refractivity contribution in [3.05, 3.63) is 17.8 Å². The zero-order chi connectivity index (χ0) is 25.2. The monoisotopic (exact) mass is 477 g/mol. The molecule has 3 rings (SSSR count). The number of piperidine rings is 1. The second kappa shape index (κ2) is 10.2. The van der Waals surface area contributed by atoms with Crippen molar-refractivity contribution in [1.29, 1.82) is 0 Å². The summed E-state index contributed by atoms with van der Waals surface area (Å²) >= 11 is 0. The highest BCUT2D eigenvalue weighted by Gasteiger charge is 2.48. The molecule has 1 aliphatic carbocycles. The van der Waals surface area contributed by atoms with Crippen LogP contribution in [0.25, 0.3) is 0 Å². The predicted molar refractivity (Wildman–Crippen MR) is 124 cm³/mol. The van der Waals surface area contributed by atoms with Crippen LogP contribution in [-0.2, 0) is 20.7 Å². The Kier molecular flexibility index (Phi) is 7.70. The number of amides is 2. The number of pyridine rings is 1. The number of aryl methyl sites for hydroxylation is 1. The largest absolute Gasteiger partial charge is 0.493 e. The maximum absolute atomic E-state index is 13.7. The Balaban J connectivity index is 1.93. The number of hydrogen-bond donors (Lipinski definition) is 2. The average molecular weight is 478 g/mol. The topological polar surface area (TPSA) is 130 Å². The molecular weight excluding hydrogens is 442 g/mol. The van der Waals surface area contributed by atoms with Crippen molar-refractivity contribution in [2.24, 2.45) is 11.8 Å². The zero-order valence-electron chi connectivity index (χ0n) is 20.5. The van der Waals surface area contributed by atoms with Gasteiger partial charge in [-0.3, -0.25) is 14.5 Å². The molecule has 0 radical (unpaired) electrons. The Hall–Kier alpha value is -2.88. The molecule has 3 atom stereocenters. The van der Waals surface area contributed by atoms with Gasteiger partial charge in [0, 0.05) is 37.0 Å². The van der Waals surface area contributed by atoms with Crippen molar-refractivity contribution in [2.45, 2.75) is 71.6 Å². The van der Waals surface area contributed by atoms with Crippen LogP contribution in [0.1, 0.15) is 53.0 Å². The molecule has 2 amide bonds. The van der Waals surface area contributed by atoms with E-state index in [1.54, 1.807) is 33.0 Å². The summed E-state index contributed by atoms with van der Waals surface area (Å²) < 4.78 is 11.1. The molecule has 188 valence electrons. The van der Waals surface area contributed by atoms with Gasteiger partial charge in [0.2, 0.25) is 5.91 Å². The van der Waals surface area contributed by atoms with Crippen LogP contribution >= 0.6 is 0 Å². The van der Waals surface area contributed by atoms with E-state index in [9.17, 15) is 24.6 Å². The molecule has 2 heterocycles. The number of carbonyl (C=O) groups excluding carboxylic acids is 2. The number of carboxylic acids is 1. The maximum Gasteiger partial charge on any atom is 0.410 e. The Morgan fingerprint density at radius 2 is 1.82 bits per heavy atom. The number of aliphatic hydroxyl groups excluding tert-OH is 1. The minimum atomic E-state index is -1.45. The van der Waals surface area contributed by atoms with Gasteiger partial charge >= 0.3 is 12.1 Å². The van der Waals surface area contributed by atoms with Crippen molar-refractivity contribution in [1.82, 2.24) is 9.88 Å². The van der Waals surface area contributed by atoms with E-state index in [2.05, 4.69) is 4.98 Å². The standard InChI is InChI=1S/C24H35N3O7/c1-6-14-11-25-19(10-18(14)33-7-2)27(15-8-9-15)21(29)16-12-26(23(32)34-24(3,4)5)13-17(20(16)28)22(30)31/h10-11,15-17,20,28H,6-9,12-13H2,1-5H3,(H,30,31)/t16-,17+,20-/m0/s1. The van der Waals surface area contributed by atoms with Gasteiger partial charge in [-0.1, -0.05) is 6.92 Å².